The van der Waals surface area contributed by atoms with E-state index in [-0.39, 0.29) is 23.2 Å². The number of hydrogen-bond acceptors (Lipinski definition) is 5. The van der Waals surface area contributed by atoms with E-state index in [1.807, 2.05) is 13.8 Å². The van der Waals surface area contributed by atoms with Crippen molar-refractivity contribution in [2.24, 2.45) is 0 Å². The number of carbonyl (C=O) groups is 2. The Morgan fingerprint density at radius 3 is 2.61 bits per heavy atom. The molecule has 0 bridgehead atoms. The number of amides is 2. The molecule has 1 rings (SSSR count). The number of nitrogens with zero attached hydrogens (tertiary/aromatic N) is 1. The van der Waals surface area contributed by atoms with Gasteiger partial charge in [-0.2, -0.15) is 0 Å². The largest absolute Gasteiger partial charge is 0.353 e. The molecule has 0 aromatic heterocycles. The third-order valence-corrected chi connectivity index (χ3v) is 3.20. The molecule has 1 aromatic rings. The quantitative estimate of drug-likeness (QED) is 0.484. The fourth-order valence-corrected chi connectivity index (χ4v) is 1.93. The van der Waals surface area contributed by atoms with Gasteiger partial charge in [-0.25, -0.2) is 0 Å². The summed E-state index contributed by atoms with van der Waals surface area (Å²) in [6.45, 7) is 6.72. The summed E-state index contributed by atoms with van der Waals surface area (Å²) in [5.41, 5.74) is -0.0333. The van der Waals surface area contributed by atoms with E-state index in [4.69, 9.17) is 0 Å². The summed E-state index contributed by atoms with van der Waals surface area (Å²) in [6, 6.07) is 4.75. The van der Waals surface area contributed by atoms with Crippen LogP contribution in [0, 0.1) is 10.1 Å². The number of non-ortho nitro benzene ring substituents is 1. The van der Waals surface area contributed by atoms with E-state index in [1.165, 1.54) is 24.3 Å². The molecule has 1 unspecified atom stereocenters. The average molecular weight is 322 g/mol. The van der Waals surface area contributed by atoms with Crippen LogP contribution in [0.5, 0.6) is 0 Å². The molecule has 1 aromatic carbocycles. The lowest BCUT2D eigenvalue weighted by Crippen LogP contribution is -2.48. The Balaban J connectivity index is 2.57. The van der Waals surface area contributed by atoms with Gasteiger partial charge in [-0.05, 0) is 26.5 Å². The number of carbonyl (C=O) groups excluding carboxylic acids is 2. The molecule has 126 valence electrons. The van der Waals surface area contributed by atoms with Crippen molar-refractivity contribution >= 4 is 17.5 Å². The Kier molecular flexibility index (Phi) is 7.14. The van der Waals surface area contributed by atoms with E-state index in [1.54, 1.807) is 6.92 Å². The molecule has 0 radical (unpaired) electrons. The molecule has 0 fully saturated rings. The number of nitro benzene ring substituents is 1. The Bertz CT molecular complexity index is 576. The van der Waals surface area contributed by atoms with Crippen molar-refractivity contribution < 1.29 is 14.5 Å². The second kappa shape index (κ2) is 8.84. The van der Waals surface area contributed by atoms with Gasteiger partial charge in [0.15, 0.2) is 0 Å². The second-order valence-corrected chi connectivity index (χ2v) is 5.21. The summed E-state index contributed by atoms with van der Waals surface area (Å²) in [6.07, 6.45) is 0. The lowest BCUT2D eigenvalue weighted by molar-refractivity contribution is -0.384. The third-order valence-electron chi connectivity index (χ3n) is 3.20. The number of benzene rings is 1. The van der Waals surface area contributed by atoms with Crippen LogP contribution in [0.2, 0.25) is 0 Å². The lowest BCUT2D eigenvalue weighted by Gasteiger charge is -2.17. The van der Waals surface area contributed by atoms with Gasteiger partial charge in [-0.1, -0.05) is 13.0 Å². The molecule has 23 heavy (non-hydrogen) atoms. The minimum atomic E-state index is -0.740. The number of likely N-dealkylation sites (N-methyl/N-ethyl adjacent to an activating group) is 1. The first kappa shape index (κ1) is 18.6. The van der Waals surface area contributed by atoms with E-state index >= 15 is 0 Å². The van der Waals surface area contributed by atoms with Gasteiger partial charge in [0.2, 0.25) is 5.91 Å². The normalized spacial score (nSPS) is 13.0. The van der Waals surface area contributed by atoms with Crippen LogP contribution < -0.4 is 16.0 Å². The summed E-state index contributed by atoms with van der Waals surface area (Å²) < 4.78 is 0. The van der Waals surface area contributed by atoms with Crippen LogP contribution in [0.1, 0.15) is 31.1 Å². The van der Waals surface area contributed by atoms with Gasteiger partial charge >= 0.3 is 0 Å². The van der Waals surface area contributed by atoms with Gasteiger partial charge in [0.05, 0.1) is 4.92 Å². The van der Waals surface area contributed by atoms with Gasteiger partial charge < -0.3 is 16.0 Å². The van der Waals surface area contributed by atoms with E-state index in [9.17, 15) is 19.7 Å². The summed E-state index contributed by atoms with van der Waals surface area (Å²) in [5.74, 6) is -0.843. The first-order valence-corrected chi connectivity index (χ1v) is 7.41. The predicted octanol–water partition coefficient (Wildman–Crippen LogP) is 0.827. The smallest absolute Gasteiger partial charge is 0.270 e. The molecule has 2 amide bonds. The molecule has 0 aliphatic rings. The van der Waals surface area contributed by atoms with E-state index in [2.05, 4.69) is 16.0 Å². The Morgan fingerprint density at radius 2 is 2.00 bits per heavy atom. The molecule has 0 heterocycles. The zero-order chi connectivity index (χ0) is 17.4. The van der Waals surface area contributed by atoms with Gasteiger partial charge in [0.25, 0.3) is 11.6 Å². The Labute approximate surface area is 134 Å². The van der Waals surface area contributed by atoms with Crippen molar-refractivity contribution in [3.05, 3.63) is 39.9 Å². The number of rotatable bonds is 8. The summed E-state index contributed by atoms with van der Waals surface area (Å²) in [4.78, 5) is 34.1. The first-order chi connectivity index (χ1) is 10.8. The fraction of sp³-hybridized carbons (Fsp3) is 0.467. The minimum Gasteiger partial charge on any atom is -0.353 e. The van der Waals surface area contributed by atoms with Crippen LogP contribution in [0.25, 0.3) is 0 Å². The van der Waals surface area contributed by atoms with Gasteiger partial charge in [0, 0.05) is 30.3 Å². The number of nitro groups is 1. The molecule has 8 heteroatoms. The predicted molar refractivity (Wildman–Crippen MR) is 86.2 cm³/mol. The molecule has 0 spiro atoms. The highest BCUT2D eigenvalue weighted by atomic mass is 16.6. The molecule has 2 atom stereocenters. The van der Waals surface area contributed by atoms with Crippen LogP contribution in [-0.2, 0) is 4.79 Å². The highest BCUT2D eigenvalue weighted by molar-refractivity contribution is 5.97. The Morgan fingerprint density at radius 1 is 1.30 bits per heavy atom. The molecular formula is C15H22N4O4. The van der Waals surface area contributed by atoms with Gasteiger partial charge in [-0.3, -0.25) is 19.7 Å². The summed E-state index contributed by atoms with van der Waals surface area (Å²) in [5, 5.41) is 19.1. The second-order valence-electron chi connectivity index (χ2n) is 5.21. The molecule has 0 aliphatic heterocycles. The zero-order valence-electron chi connectivity index (χ0n) is 13.5. The fourth-order valence-electron chi connectivity index (χ4n) is 1.93. The molecule has 8 nitrogen and oxygen atoms in total. The van der Waals surface area contributed by atoms with Gasteiger partial charge in [-0.15, -0.1) is 0 Å². The first-order valence-electron chi connectivity index (χ1n) is 7.41. The van der Waals surface area contributed by atoms with E-state index in [0.717, 1.165) is 6.54 Å². The number of hydrogen-bond donors (Lipinski definition) is 3. The van der Waals surface area contributed by atoms with Gasteiger partial charge in [0.1, 0.15) is 6.04 Å². The summed E-state index contributed by atoms with van der Waals surface area (Å²) in [7, 11) is 0. The van der Waals surface area contributed by atoms with Crippen molar-refractivity contribution in [1.82, 2.24) is 16.0 Å². The maximum absolute atomic E-state index is 12.0. The molecular weight excluding hydrogens is 300 g/mol. The molecule has 0 aliphatic carbocycles. The van der Waals surface area contributed by atoms with Crippen molar-refractivity contribution in [2.45, 2.75) is 32.9 Å². The van der Waals surface area contributed by atoms with Crippen LogP contribution in [0.4, 0.5) is 5.69 Å². The van der Waals surface area contributed by atoms with Crippen molar-refractivity contribution in [3.63, 3.8) is 0 Å². The topological polar surface area (TPSA) is 113 Å². The maximum atomic E-state index is 12.0. The van der Waals surface area contributed by atoms with Crippen molar-refractivity contribution in [3.8, 4) is 0 Å². The Hall–Kier alpha value is -2.48. The van der Waals surface area contributed by atoms with Crippen LogP contribution in [-0.4, -0.2) is 41.9 Å². The van der Waals surface area contributed by atoms with Crippen molar-refractivity contribution in [1.29, 1.82) is 0 Å². The third kappa shape index (κ3) is 6.03. The molecule has 0 saturated carbocycles. The zero-order valence-corrected chi connectivity index (χ0v) is 13.5. The maximum Gasteiger partial charge on any atom is 0.270 e. The SMILES string of the molecule is CCN[C@H](C)CNC(=O)C(C)NC(=O)c1cccc([N+](=O)[O-])c1. The number of nitrogens with one attached hydrogen (secondary N) is 3. The highest BCUT2D eigenvalue weighted by Gasteiger charge is 2.18. The minimum absolute atomic E-state index is 0.128. The average Bonchev–Trinajstić information content (AvgIpc) is 2.52. The van der Waals surface area contributed by atoms with Crippen molar-refractivity contribution in [2.75, 3.05) is 13.1 Å². The monoisotopic (exact) mass is 322 g/mol. The molecule has 0 saturated heterocycles. The summed E-state index contributed by atoms with van der Waals surface area (Å²) >= 11 is 0. The van der Waals surface area contributed by atoms with E-state index in [0.29, 0.717) is 6.54 Å². The van der Waals surface area contributed by atoms with Crippen LogP contribution in [0.15, 0.2) is 24.3 Å². The molecule has 3 N–H and O–H groups in total. The van der Waals surface area contributed by atoms with Crippen LogP contribution >= 0.6 is 0 Å². The van der Waals surface area contributed by atoms with Crippen LogP contribution in [0.3, 0.4) is 0 Å². The highest BCUT2D eigenvalue weighted by Crippen LogP contribution is 2.13. The standard InChI is InChI=1S/C15H22N4O4/c1-4-16-10(2)9-17-14(20)11(3)18-15(21)12-6-5-7-13(8-12)19(22)23/h5-8,10-11,16H,4,9H2,1-3H3,(H,17,20)(H,18,21)/t10-,11?/m1/s1. The lowest BCUT2D eigenvalue weighted by atomic mass is 10.1. The van der Waals surface area contributed by atoms with E-state index < -0.39 is 16.9 Å².